The van der Waals surface area contributed by atoms with Crippen molar-refractivity contribution in [3.63, 3.8) is 0 Å². The number of aliphatic hydroxyl groups excluding tert-OH is 1. The summed E-state index contributed by atoms with van der Waals surface area (Å²) in [6, 6.07) is 20.1. The first-order valence-corrected chi connectivity index (χ1v) is 11.2. The monoisotopic (exact) mass is 461 g/mol. The second-order valence-corrected chi connectivity index (χ2v) is 8.35. The van der Waals surface area contributed by atoms with Crippen molar-refractivity contribution >= 4 is 40.7 Å². The van der Waals surface area contributed by atoms with Gasteiger partial charge in [0.2, 0.25) is 0 Å². The van der Waals surface area contributed by atoms with E-state index in [4.69, 9.17) is 10.1 Å². The first-order chi connectivity index (χ1) is 15.8. The third-order valence-electron chi connectivity index (χ3n) is 5.05. The molecular formula is C26H27N3O3S. The van der Waals surface area contributed by atoms with Crippen molar-refractivity contribution < 1.29 is 14.6 Å². The highest BCUT2D eigenvalue weighted by Crippen LogP contribution is 2.34. The van der Waals surface area contributed by atoms with E-state index >= 15 is 0 Å². The fourth-order valence-electron chi connectivity index (χ4n) is 3.31. The molecular weight excluding hydrogens is 434 g/mol. The maximum Gasteiger partial charge on any atom is 0.261 e. The van der Waals surface area contributed by atoms with Gasteiger partial charge in [0.05, 0.1) is 17.7 Å². The number of aryl methyl sites for hydroxylation is 2. The lowest BCUT2D eigenvalue weighted by atomic mass is 10.0. The summed E-state index contributed by atoms with van der Waals surface area (Å²) in [6.45, 7) is 5.55. The highest BCUT2D eigenvalue weighted by Gasteiger charge is 2.19. The van der Waals surface area contributed by atoms with Gasteiger partial charge in [-0.25, -0.2) is 0 Å². The maximum atomic E-state index is 13.0. The average molecular weight is 462 g/mol. The number of amides is 1. The number of para-hydroxylation sites is 1. The molecule has 0 fully saturated rings. The predicted molar refractivity (Wildman–Crippen MR) is 136 cm³/mol. The lowest BCUT2D eigenvalue weighted by Gasteiger charge is -2.15. The summed E-state index contributed by atoms with van der Waals surface area (Å²) in [7, 11) is 1.59. The van der Waals surface area contributed by atoms with Crippen molar-refractivity contribution in [3.8, 4) is 5.75 Å². The summed E-state index contributed by atoms with van der Waals surface area (Å²) in [5.41, 5.74) is 4.14. The molecule has 0 aliphatic heterocycles. The van der Waals surface area contributed by atoms with Crippen LogP contribution >= 0.6 is 11.9 Å². The Morgan fingerprint density at radius 1 is 1.00 bits per heavy atom. The highest BCUT2D eigenvalue weighted by atomic mass is 32.2. The molecule has 4 N–H and O–H groups in total. The quantitative estimate of drug-likeness (QED) is 0.135. The molecule has 33 heavy (non-hydrogen) atoms. The van der Waals surface area contributed by atoms with Gasteiger partial charge in [0, 0.05) is 17.0 Å². The van der Waals surface area contributed by atoms with Crippen LogP contribution in [0.1, 0.15) is 23.6 Å². The van der Waals surface area contributed by atoms with Crippen LogP contribution in [0.25, 0.3) is 5.76 Å². The van der Waals surface area contributed by atoms with Crippen molar-refractivity contribution in [2.24, 2.45) is 0 Å². The molecule has 3 aromatic carbocycles. The van der Waals surface area contributed by atoms with E-state index in [1.807, 2.05) is 38.1 Å². The Hall–Kier alpha value is -3.71. The topological polar surface area (TPSA) is 94.4 Å². The molecule has 170 valence electrons. The van der Waals surface area contributed by atoms with Crippen molar-refractivity contribution in [3.05, 3.63) is 89.0 Å². The Morgan fingerprint density at radius 2 is 1.67 bits per heavy atom. The van der Waals surface area contributed by atoms with Gasteiger partial charge in [-0.05, 0) is 62.0 Å². The van der Waals surface area contributed by atoms with Crippen LogP contribution in [0.15, 0.2) is 77.2 Å². The van der Waals surface area contributed by atoms with Crippen molar-refractivity contribution in [1.82, 2.24) is 0 Å². The van der Waals surface area contributed by atoms with E-state index in [9.17, 15) is 9.90 Å². The molecule has 0 bridgehead atoms. The number of carbonyl (C=O) groups excluding carboxylic acids is 1. The molecule has 3 rings (SSSR count). The van der Waals surface area contributed by atoms with Gasteiger partial charge in [0.25, 0.3) is 5.91 Å². The molecule has 6 nitrogen and oxygen atoms in total. The number of hydrogen-bond acceptors (Lipinski definition) is 6. The van der Waals surface area contributed by atoms with E-state index in [1.54, 1.807) is 49.6 Å². The second kappa shape index (κ2) is 10.7. The van der Waals surface area contributed by atoms with E-state index in [0.717, 1.165) is 21.7 Å². The Bertz CT molecular complexity index is 1190. The molecule has 7 heteroatoms. The van der Waals surface area contributed by atoms with Gasteiger partial charge in [-0.15, -0.1) is 0 Å². The van der Waals surface area contributed by atoms with Crippen LogP contribution in [0, 0.1) is 19.3 Å². The number of ether oxygens (including phenoxy) is 1. The van der Waals surface area contributed by atoms with E-state index in [-0.39, 0.29) is 17.0 Å². The number of rotatable bonds is 8. The van der Waals surface area contributed by atoms with E-state index < -0.39 is 5.91 Å². The SMILES string of the molecule is COc1ccc(NC(=O)/C(C(C)=N)=C(/O)c2ccccc2)cc1SNc1c(C)cccc1C. The Balaban J connectivity index is 1.86. The second-order valence-electron chi connectivity index (χ2n) is 7.51. The van der Waals surface area contributed by atoms with Crippen LogP contribution in [-0.4, -0.2) is 23.8 Å². The van der Waals surface area contributed by atoms with Gasteiger partial charge < -0.3 is 25.3 Å². The molecule has 0 saturated heterocycles. The smallest absolute Gasteiger partial charge is 0.261 e. The van der Waals surface area contributed by atoms with Gasteiger partial charge in [-0.2, -0.15) is 0 Å². The first kappa shape index (κ1) is 23.9. The molecule has 3 aromatic rings. The van der Waals surface area contributed by atoms with Gasteiger partial charge in [0.15, 0.2) is 0 Å². The molecule has 0 heterocycles. The van der Waals surface area contributed by atoms with E-state index in [0.29, 0.717) is 17.0 Å². The van der Waals surface area contributed by atoms with Crippen molar-refractivity contribution in [1.29, 1.82) is 5.41 Å². The molecule has 0 radical (unpaired) electrons. The van der Waals surface area contributed by atoms with Crippen LogP contribution in [0.3, 0.4) is 0 Å². The van der Waals surface area contributed by atoms with Gasteiger partial charge in [-0.1, -0.05) is 48.5 Å². The van der Waals surface area contributed by atoms with E-state index in [2.05, 4.69) is 10.0 Å². The molecule has 0 saturated carbocycles. The highest BCUT2D eigenvalue weighted by molar-refractivity contribution is 8.00. The Labute approximate surface area is 198 Å². The van der Waals surface area contributed by atoms with Crippen molar-refractivity contribution in [2.75, 3.05) is 17.1 Å². The normalized spacial score (nSPS) is 11.4. The molecule has 0 unspecified atom stereocenters. The molecule has 0 spiro atoms. The van der Waals surface area contributed by atoms with Gasteiger partial charge in [0.1, 0.15) is 17.1 Å². The number of hydrogen-bond donors (Lipinski definition) is 4. The summed E-state index contributed by atoms with van der Waals surface area (Å²) in [5.74, 6) is -0.143. The number of aliphatic hydroxyl groups is 1. The molecule has 0 aliphatic rings. The van der Waals surface area contributed by atoms with Crippen LogP contribution in [0.5, 0.6) is 5.75 Å². The molecule has 1 amide bonds. The number of benzene rings is 3. The average Bonchev–Trinajstić information content (AvgIpc) is 2.79. The van der Waals surface area contributed by atoms with E-state index in [1.165, 1.54) is 18.9 Å². The zero-order valence-corrected chi connectivity index (χ0v) is 19.8. The van der Waals surface area contributed by atoms with Crippen LogP contribution in [0.4, 0.5) is 11.4 Å². The van der Waals surface area contributed by atoms with Gasteiger partial charge >= 0.3 is 0 Å². The standard InChI is InChI=1S/C26H27N3O3S/c1-16-9-8-10-17(2)24(16)29-33-22-15-20(13-14-21(22)32-4)28-26(31)23(18(3)27)25(30)19-11-6-5-7-12-19/h5-15,27,29-30H,1-4H3,(H,28,31)/b25-23+,27-18?. The third-order valence-corrected chi connectivity index (χ3v) is 5.90. The fourth-order valence-corrected chi connectivity index (χ4v) is 4.28. The fraction of sp³-hybridized carbons (Fsp3) is 0.154. The predicted octanol–water partition coefficient (Wildman–Crippen LogP) is 6.38. The number of methoxy groups -OCH3 is 1. The summed E-state index contributed by atoms with van der Waals surface area (Å²) >= 11 is 1.38. The minimum Gasteiger partial charge on any atom is -0.506 e. The van der Waals surface area contributed by atoms with Gasteiger partial charge in [-0.3, -0.25) is 4.79 Å². The Morgan fingerprint density at radius 3 is 2.27 bits per heavy atom. The minimum absolute atomic E-state index is 0.0337. The number of carbonyl (C=O) groups is 1. The number of anilines is 2. The maximum absolute atomic E-state index is 13.0. The van der Waals surface area contributed by atoms with Crippen molar-refractivity contribution in [2.45, 2.75) is 25.7 Å². The first-order valence-electron chi connectivity index (χ1n) is 10.3. The van der Waals surface area contributed by atoms with Crippen LogP contribution < -0.4 is 14.8 Å². The van der Waals surface area contributed by atoms with Crippen LogP contribution in [-0.2, 0) is 4.79 Å². The van der Waals surface area contributed by atoms with Crippen LogP contribution in [0.2, 0.25) is 0 Å². The summed E-state index contributed by atoms with van der Waals surface area (Å²) in [6.07, 6.45) is 0. The summed E-state index contributed by atoms with van der Waals surface area (Å²) in [4.78, 5) is 13.8. The lowest BCUT2D eigenvalue weighted by Crippen LogP contribution is -2.20. The summed E-state index contributed by atoms with van der Waals surface area (Å²) in [5, 5.41) is 21.5. The summed E-state index contributed by atoms with van der Waals surface area (Å²) < 4.78 is 8.85. The molecule has 0 aliphatic carbocycles. The third kappa shape index (κ3) is 5.75. The zero-order chi connectivity index (χ0) is 24.0. The largest absolute Gasteiger partial charge is 0.506 e. The zero-order valence-electron chi connectivity index (χ0n) is 19.0. The molecule has 0 atom stereocenters. The Kier molecular flexibility index (Phi) is 7.79. The molecule has 0 aromatic heterocycles. The minimum atomic E-state index is -0.562. The number of nitrogens with one attached hydrogen (secondary N) is 3. The lowest BCUT2D eigenvalue weighted by molar-refractivity contribution is -0.112.